The van der Waals surface area contributed by atoms with E-state index >= 15 is 0 Å². The fraction of sp³-hybridized carbons (Fsp3) is 0.571. The summed E-state index contributed by atoms with van der Waals surface area (Å²) in [5.74, 6) is 0.709. The maximum absolute atomic E-state index is 10.2. The van der Waals surface area contributed by atoms with Gasteiger partial charge in [-0.15, -0.1) is 22.6 Å². The fourth-order valence-electron chi connectivity index (χ4n) is 0.887. The third-order valence-electron chi connectivity index (χ3n) is 1.75. The number of hydrogen-bond donors (Lipinski definition) is 1. The van der Waals surface area contributed by atoms with Crippen LogP contribution in [0.2, 0.25) is 0 Å². The van der Waals surface area contributed by atoms with Gasteiger partial charge in [0.25, 0.3) is 0 Å². The van der Waals surface area contributed by atoms with Crippen molar-refractivity contribution in [2.24, 2.45) is 7.05 Å². The quantitative estimate of drug-likeness (QED) is 0.783. The van der Waals surface area contributed by atoms with E-state index in [9.17, 15) is 4.79 Å². The van der Waals surface area contributed by atoms with Gasteiger partial charge in [0.15, 0.2) is 0 Å². The molecule has 0 bridgehead atoms. The molecule has 0 aromatic carbocycles. The summed E-state index contributed by atoms with van der Waals surface area (Å²) in [4.78, 5) is 10.2. The SMILES string of the molecule is Cc1nnc(CCC(=O)O)n1C.Cl. The first kappa shape index (κ1) is 11.9. The smallest absolute Gasteiger partial charge is 0.303 e. The highest BCUT2D eigenvalue weighted by molar-refractivity contribution is 5.85. The lowest BCUT2D eigenvalue weighted by Crippen LogP contribution is -2.03. The molecule has 74 valence electrons. The van der Waals surface area contributed by atoms with Crippen LogP contribution in [-0.4, -0.2) is 25.8 Å². The van der Waals surface area contributed by atoms with Crippen LogP contribution in [0.4, 0.5) is 0 Å². The van der Waals surface area contributed by atoms with E-state index in [1.807, 2.05) is 14.0 Å². The molecule has 5 nitrogen and oxygen atoms in total. The molecule has 0 fully saturated rings. The molecule has 0 spiro atoms. The molecule has 1 N–H and O–H groups in total. The molecule has 0 atom stereocenters. The molecule has 13 heavy (non-hydrogen) atoms. The molecule has 1 aromatic heterocycles. The summed E-state index contributed by atoms with van der Waals surface area (Å²) in [6, 6.07) is 0. The molecule has 0 saturated carbocycles. The highest BCUT2D eigenvalue weighted by atomic mass is 35.5. The van der Waals surface area contributed by atoms with Crippen molar-refractivity contribution in [3.05, 3.63) is 11.6 Å². The number of nitrogens with zero attached hydrogens (tertiary/aromatic N) is 3. The first-order chi connectivity index (χ1) is 5.61. The van der Waals surface area contributed by atoms with E-state index in [2.05, 4.69) is 10.2 Å². The van der Waals surface area contributed by atoms with Crippen molar-refractivity contribution in [1.82, 2.24) is 14.8 Å². The predicted octanol–water partition coefficient (Wildman–Crippen LogP) is 0.563. The number of carboxylic acid groups (broad SMARTS) is 1. The third kappa shape index (κ3) is 3.02. The second kappa shape index (κ2) is 4.81. The Labute approximate surface area is 82.2 Å². The van der Waals surface area contributed by atoms with E-state index in [0.717, 1.165) is 11.6 Å². The maximum Gasteiger partial charge on any atom is 0.303 e. The third-order valence-corrected chi connectivity index (χ3v) is 1.75. The number of aromatic nitrogens is 3. The van der Waals surface area contributed by atoms with Gasteiger partial charge in [0.2, 0.25) is 0 Å². The van der Waals surface area contributed by atoms with Gasteiger partial charge in [-0.3, -0.25) is 4.79 Å². The van der Waals surface area contributed by atoms with Crippen LogP contribution >= 0.6 is 12.4 Å². The van der Waals surface area contributed by atoms with Crippen LogP contribution in [0.15, 0.2) is 0 Å². The van der Waals surface area contributed by atoms with Gasteiger partial charge in [-0.05, 0) is 6.92 Å². The second-order valence-corrected chi connectivity index (χ2v) is 2.62. The Hall–Kier alpha value is -1.10. The highest BCUT2D eigenvalue weighted by Gasteiger charge is 2.06. The van der Waals surface area contributed by atoms with E-state index in [-0.39, 0.29) is 18.8 Å². The topological polar surface area (TPSA) is 68.0 Å². The van der Waals surface area contributed by atoms with Crippen molar-refractivity contribution in [3.63, 3.8) is 0 Å². The average molecular weight is 206 g/mol. The molecule has 1 heterocycles. The minimum atomic E-state index is -0.810. The van der Waals surface area contributed by atoms with Crippen molar-refractivity contribution in [2.45, 2.75) is 19.8 Å². The standard InChI is InChI=1S/C7H11N3O2.ClH/c1-5-8-9-6(10(5)2)3-4-7(11)12;/h3-4H2,1-2H3,(H,11,12);1H. The molecule has 1 rings (SSSR count). The highest BCUT2D eigenvalue weighted by Crippen LogP contribution is 2.00. The zero-order valence-corrected chi connectivity index (χ0v) is 8.34. The summed E-state index contributed by atoms with van der Waals surface area (Å²) >= 11 is 0. The number of rotatable bonds is 3. The lowest BCUT2D eigenvalue weighted by Gasteiger charge is -1.97. The van der Waals surface area contributed by atoms with Crippen LogP contribution in [0.5, 0.6) is 0 Å². The Balaban J connectivity index is 0.00000144. The Morgan fingerprint density at radius 1 is 1.54 bits per heavy atom. The van der Waals surface area contributed by atoms with E-state index in [0.29, 0.717) is 6.42 Å². The molecule has 0 saturated heterocycles. The summed E-state index contributed by atoms with van der Waals surface area (Å²) in [5.41, 5.74) is 0. The maximum atomic E-state index is 10.2. The van der Waals surface area contributed by atoms with E-state index in [1.54, 1.807) is 4.57 Å². The number of carboxylic acids is 1. The van der Waals surface area contributed by atoms with E-state index < -0.39 is 5.97 Å². The van der Waals surface area contributed by atoms with Crippen molar-refractivity contribution in [1.29, 1.82) is 0 Å². The van der Waals surface area contributed by atoms with Crippen molar-refractivity contribution in [3.8, 4) is 0 Å². The summed E-state index contributed by atoms with van der Waals surface area (Å²) in [7, 11) is 1.83. The lowest BCUT2D eigenvalue weighted by atomic mass is 10.3. The minimum Gasteiger partial charge on any atom is -0.481 e. The van der Waals surface area contributed by atoms with Crippen LogP contribution in [0, 0.1) is 6.92 Å². The van der Waals surface area contributed by atoms with Crippen LogP contribution in [-0.2, 0) is 18.3 Å². The van der Waals surface area contributed by atoms with Crippen molar-refractivity contribution < 1.29 is 9.90 Å². The van der Waals surface area contributed by atoms with Gasteiger partial charge < -0.3 is 9.67 Å². The normalized spacial score (nSPS) is 9.38. The van der Waals surface area contributed by atoms with Gasteiger partial charge >= 0.3 is 5.97 Å². The molecule has 0 radical (unpaired) electrons. The Kier molecular flexibility index (Phi) is 4.40. The summed E-state index contributed by atoms with van der Waals surface area (Å²) < 4.78 is 1.79. The average Bonchev–Trinajstić information content (AvgIpc) is 2.30. The summed E-state index contributed by atoms with van der Waals surface area (Å²) in [5, 5.41) is 16.1. The number of carbonyl (C=O) groups is 1. The molecule has 1 aromatic rings. The van der Waals surface area contributed by atoms with Gasteiger partial charge in [-0.1, -0.05) is 0 Å². The number of aliphatic carboxylic acids is 1. The zero-order chi connectivity index (χ0) is 9.14. The molecule has 0 aliphatic carbocycles. The van der Waals surface area contributed by atoms with Crippen LogP contribution < -0.4 is 0 Å². The zero-order valence-electron chi connectivity index (χ0n) is 7.52. The Morgan fingerprint density at radius 2 is 2.15 bits per heavy atom. The summed E-state index contributed by atoms with van der Waals surface area (Å²) in [6.45, 7) is 1.83. The van der Waals surface area contributed by atoms with E-state index in [4.69, 9.17) is 5.11 Å². The Bertz CT molecular complexity index is 298. The number of hydrogen-bond acceptors (Lipinski definition) is 3. The van der Waals surface area contributed by atoms with Gasteiger partial charge in [0.05, 0.1) is 6.42 Å². The fourth-order valence-corrected chi connectivity index (χ4v) is 0.887. The molecular formula is C7H12ClN3O2. The van der Waals surface area contributed by atoms with Crippen LogP contribution in [0.3, 0.4) is 0 Å². The molecule has 0 aliphatic rings. The monoisotopic (exact) mass is 205 g/mol. The Morgan fingerprint density at radius 3 is 2.54 bits per heavy atom. The molecule has 0 amide bonds. The number of aryl methyl sites for hydroxylation is 2. The van der Waals surface area contributed by atoms with Crippen LogP contribution in [0.1, 0.15) is 18.1 Å². The van der Waals surface area contributed by atoms with E-state index in [1.165, 1.54) is 0 Å². The second-order valence-electron chi connectivity index (χ2n) is 2.62. The van der Waals surface area contributed by atoms with Gasteiger partial charge in [-0.2, -0.15) is 0 Å². The largest absolute Gasteiger partial charge is 0.481 e. The molecule has 0 aliphatic heterocycles. The minimum absolute atomic E-state index is 0. The molecular weight excluding hydrogens is 194 g/mol. The van der Waals surface area contributed by atoms with Gasteiger partial charge in [0.1, 0.15) is 11.6 Å². The van der Waals surface area contributed by atoms with Gasteiger partial charge in [0, 0.05) is 13.5 Å². The predicted molar refractivity (Wildman–Crippen MR) is 48.9 cm³/mol. The molecule has 6 heteroatoms. The first-order valence-electron chi connectivity index (χ1n) is 3.68. The number of halogens is 1. The summed E-state index contributed by atoms with van der Waals surface area (Å²) in [6.07, 6.45) is 0.540. The van der Waals surface area contributed by atoms with Gasteiger partial charge in [-0.25, -0.2) is 0 Å². The lowest BCUT2D eigenvalue weighted by molar-refractivity contribution is -0.137. The first-order valence-corrected chi connectivity index (χ1v) is 3.68. The van der Waals surface area contributed by atoms with Crippen molar-refractivity contribution in [2.75, 3.05) is 0 Å². The molecule has 0 unspecified atom stereocenters. The van der Waals surface area contributed by atoms with Crippen LogP contribution in [0.25, 0.3) is 0 Å². The van der Waals surface area contributed by atoms with Crippen molar-refractivity contribution >= 4 is 18.4 Å².